The lowest BCUT2D eigenvalue weighted by atomic mass is 9.99. The number of nitrogens with two attached hydrogens (primary N) is 1. The highest BCUT2D eigenvalue weighted by Crippen LogP contribution is 2.30. The molecule has 2 N–H and O–H groups in total. The Morgan fingerprint density at radius 1 is 1.21 bits per heavy atom. The first kappa shape index (κ1) is 12.7. The Labute approximate surface area is 118 Å². The third-order valence-electron chi connectivity index (χ3n) is 3.72. The Kier molecular flexibility index (Phi) is 3.58. The number of hydrogen-bond acceptors (Lipinski definition) is 3. The van der Waals surface area contributed by atoms with Gasteiger partial charge in [-0.25, -0.2) is 0 Å². The molecule has 1 aromatic carbocycles. The molecule has 2 heterocycles. The molecule has 2 nitrogen and oxygen atoms in total. The van der Waals surface area contributed by atoms with E-state index in [0.717, 1.165) is 13.1 Å². The van der Waals surface area contributed by atoms with Gasteiger partial charge < -0.3 is 10.6 Å². The molecule has 0 spiro atoms. The van der Waals surface area contributed by atoms with Crippen LogP contribution in [-0.2, 0) is 19.5 Å². The van der Waals surface area contributed by atoms with Crippen LogP contribution in [0.2, 0.25) is 0 Å². The van der Waals surface area contributed by atoms with Crippen molar-refractivity contribution in [3.8, 4) is 0 Å². The van der Waals surface area contributed by atoms with Crippen LogP contribution in [0.25, 0.3) is 0 Å². The quantitative estimate of drug-likeness (QED) is 0.927. The summed E-state index contributed by atoms with van der Waals surface area (Å²) in [6.45, 7) is 5.00. The summed E-state index contributed by atoms with van der Waals surface area (Å²) in [6, 6.07) is 11.2. The molecular formula is C16H20N2S. The van der Waals surface area contributed by atoms with Crippen molar-refractivity contribution in [1.82, 2.24) is 0 Å². The van der Waals surface area contributed by atoms with Crippen LogP contribution in [0.1, 0.15) is 27.3 Å². The van der Waals surface area contributed by atoms with E-state index < -0.39 is 0 Å². The minimum absolute atomic E-state index is 0.653. The second-order valence-corrected chi connectivity index (χ2v) is 6.48. The Morgan fingerprint density at radius 3 is 2.84 bits per heavy atom. The van der Waals surface area contributed by atoms with Gasteiger partial charge in [0.05, 0.1) is 6.54 Å². The molecule has 2 aromatic rings. The molecule has 0 amide bonds. The van der Waals surface area contributed by atoms with Gasteiger partial charge in [-0.1, -0.05) is 17.7 Å². The Bertz CT molecular complexity index is 574. The standard InChI is InChI=1S/C16H20N2S/c1-12-4-7-16-13(9-12)3-2-8-18(16)11-15-6-5-14(10-17)19-15/h4-7,9H,2-3,8,10-11,17H2,1H3. The van der Waals surface area contributed by atoms with Gasteiger partial charge in [-0.2, -0.15) is 0 Å². The van der Waals surface area contributed by atoms with E-state index in [1.54, 1.807) is 0 Å². The highest BCUT2D eigenvalue weighted by atomic mass is 32.1. The second-order valence-electron chi connectivity index (χ2n) is 5.23. The van der Waals surface area contributed by atoms with E-state index in [0.29, 0.717) is 6.54 Å². The molecule has 3 rings (SSSR count). The fourth-order valence-corrected chi connectivity index (χ4v) is 3.69. The maximum absolute atomic E-state index is 5.69. The van der Waals surface area contributed by atoms with Crippen molar-refractivity contribution in [3.63, 3.8) is 0 Å². The molecule has 1 aliphatic rings. The zero-order valence-corrected chi connectivity index (χ0v) is 12.2. The van der Waals surface area contributed by atoms with Crippen molar-refractivity contribution in [3.05, 3.63) is 51.2 Å². The average molecular weight is 272 g/mol. The van der Waals surface area contributed by atoms with E-state index in [1.165, 1.54) is 39.4 Å². The van der Waals surface area contributed by atoms with Crippen LogP contribution in [-0.4, -0.2) is 6.54 Å². The van der Waals surface area contributed by atoms with E-state index in [9.17, 15) is 0 Å². The third kappa shape index (κ3) is 2.67. The van der Waals surface area contributed by atoms with E-state index in [1.807, 2.05) is 11.3 Å². The SMILES string of the molecule is Cc1ccc2c(c1)CCCN2Cc1ccc(CN)s1. The molecule has 19 heavy (non-hydrogen) atoms. The number of rotatable bonds is 3. The summed E-state index contributed by atoms with van der Waals surface area (Å²) in [4.78, 5) is 5.19. The minimum atomic E-state index is 0.653. The molecule has 1 aromatic heterocycles. The molecule has 0 saturated heterocycles. The predicted octanol–water partition coefficient (Wildman–Crippen LogP) is 3.47. The summed E-state index contributed by atoms with van der Waals surface area (Å²) >= 11 is 1.84. The van der Waals surface area contributed by atoms with Gasteiger partial charge in [0.15, 0.2) is 0 Å². The lowest BCUT2D eigenvalue weighted by Gasteiger charge is -2.31. The summed E-state index contributed by atoms with van der Waals surface area (Å²) in [5.74, 6) is 0. The molecular weight excluding hydrogens is 252 g/mol. The van der Waals surface area contributed by atoms with Crippen LogP contribution >= 0.6 is 11.3 Å². The Balaban J connectivity index is 1.83. The van der Waals surface area contributed by atoms with Crippen molar-refractivity contribution in [2.45, 2.75) is 32.9 Å². The molecule has 3 heteroatoms. The maximum atomic E-state index is 5.69. The van der Waals surface area contributed by atoms with Crippen molar-refractivity contribution in [2.75, 3.05) is 11.4 Å². The molecule has 0 atom stereocenters. The first-order chi connectivity index (χ1) is 9.26. The summed E-state index contributed by atoms with van der Waals surface area (Å²) in [7, 11) is 0. The topological polar surface area (TPSA) is 29.3 Å². The normalized spacial score (nSPS) is 14.5. The fourth-order valence-electron chi connectivity index (χ4n) is 2.77. The van der Waals surface area contributed by atoms with Crippen molar-refractivity contribution < 1.29 is 0 Å². The number of benzene rings is 1. The van der Waals surface area contributed by atoms with Crippen LogP contribution in [0.15, 0.2) is 30.3 Å². The molecule has 0 aliphatic carbocycles. The summed E-state index contributed by atoms with van der Waals surface area (Å²) in [5, 5.41) is 0. The first-order valence-electron chi connectivity index (χ1n) is 6.88. The largest absolute Gasteiger partial charge is 0.366 e. The van der Waals surface area contributed by atoms with Gasteiger partial charge in [0.1, 0.15) is 0 Å². The number of nitrogens with zero attached hydrogens (tertiary/aromatic N) is 1. The summed E-state index contributed by atoms with van der Waals surface area (Å²) < 4.78 is 0. The zero-order chi connectivity index (χ0) is 13.2. The molecule has 0 radical (unpaired) electrons. The van der Waals surface area contributed by atoms with Gasteiger partial charge in [-0.05, 0) is 43.5 Å². The molecule has 0 unspecified atom stereocenters. The fraction of sp³-hybridized carbons (Fsp3) is 0.375. The lowest BCUT2D eigenvalue weighted by molar-refractivity contribution is 0.694. The van der Waals surface area contributed by atoms with Crippen LogP contribution in [0, 0.1) is 6.92 Å². The number of anilines is 1. The third-order valence-corrected chi connectivity index (χ3v) is 4.81. The summed E-state index contributed by atoms with van der Waals surface area (Å²) in [5.41, 5.74) is 9.97. The highest BCUT2D eigenvalue weighted by molar-refractivity contribution is 7.12. The number of hydrogen-bond donors (Lipinski definition) is 1. The Hall–Kier alpha value is -1.32. The van der Waals surface area contributed by atoms with Gasteiger partial charge in [0.2, 0.25) is 0 Å². The van der Waals surface area contributed by atoms with Crippen LogP contribution in [0.5, 0.6) is 0 Å². The van der Waals surface area contributed by atoms with E-state index in [-0.39, 0.29) is 0 Å². The molecule has 0 saturated carbocycles. The van der Waals surface area contributed by atoms with Crippen molar-refractivity contribution in [1.29, 1.82) is 0 Å². The lowest BCUT2D eigenvalue weighted by Crippen LogP contribution is -2.28. The molecule has 0 bridgehead atoms. The van der Waals surface area contributed by atoms with Crippen molar-refractivity contribution in [2.24, 2.45) is 5.73 Å². The summed E-state index contributed by atoms with van der Waals surface area (Å²) in [6.07, 6.45) is 2.47. The first-order valence-corrected chi connectivity index (χ1v) is 7.70. The number of aryl methyl sites for hydroxylation is 2. The monoisotopic (exact) mass is 272 g/mol. The highest BCUT2D eigenvalue weighted by Gasteiger charge is 2.17. The van der Waals surface area contributed by atoms with Gasteiger partial charge in [0, 0.05) is 28.5 Å². The van der Waals surface area contributed by atoms with E-state index in [4.69, 9.17) is 5.73 Å². The van der Waals surface area contributed by atoms with Gasteiger partial charge in [-0.15, -0.1) is 11.3 Å². The van der Waals surface area contributed by atoms with Crippen molar-refractivity contribution >= 4 is 17.0 Å². The zero-order valence-electron chi connectivity index (χ0n) is 11.4. The van der Waals surface area contributed by atoms with Gasteiger partial charge >= 0.3 is 0 Å². The Morgan fingerprint density at radius 2 is 2.05 bits per heavy atom. The van der Waals surface area contributed by atoms with Crippen LogP contribution in [0.4, 0.5) is 5.69 Å². The van der Waals surface area contributed by atoms with Crippen LogP contribution < -0.4 is 10.6 Å². The molecule has 100 valence electrons. The average Bonchev–Trinajstić information content (AvgIpc) is 2.86. The van der Waals surface area contributed by atoms with E-state index >= 15 is 0 Å². The molecule has 1 aliphatic heterocycles. The maximum Gasteiger partial charge on any atom is 0.0523 e. The predicted molar refractivity (Wildman–Crippen MR) is 82.8 cm³/mol. The smallest absolute Gasteiger partial charge is 0.0523 e. The minimum Gasteiger partial charge on any atom is -0.366 e. The number of thiophene rings is 1. The van der Waals surface area contributed by atoms with Gasteiger partial charge in [0.25, 0.3) is 0 Å². The van der Waals surface area contributed by atoms with Crippen LogP contribution in [0.3, 0.4) is 0 Å². The van der Waals surface area contributed by atoms with Gasteiger partial charge in [-0.3, -0.25) is 0 Å². The van der Waals surface area contributed by atoms with E-state index in [2.05, 4.69) is 42.2 Å². The second kappa shape index (κ2) is 5.35. The number of fused-ring (bicyclic) bond motifs is 1. The molecule has 0 fully saturated rings.